The molecule has 1 aliphatic rings. The van der Waals surface area contributed by atoms with Crippen molar-refractivity contribution in [2.45, 2.75) is 4.90 Å². The van der Waals surface area contributed by atoms with Gasteiger partial charge in [-0.15, -0.1) is 0 Å². The first-order valence-electron chi connectivity index (χ1n) is 10.1. The lowest BCUT2D eigenvalue weighted by molar-refractivity contribution is 0.0730. The smallest absolute Gasteiger partial charge is 0.243 e. The summed E-state index contributed by atoms with van der Waals surface area (Å²) in [5.74, 6) is 0.396. The van der Waals surface area contributed by atoms with E-state index in [1.165, 1.54) is 10.5 Å². The van der Waals surface area contributed by atoms with Gasteiger partial charge in [-0.3, -0.25) is 0 Å². The molecule has 0 saturated carbocycles. The Morgan fingerprint density at radius 2 is 1.91 bits per heavy atom. The average molecular weight is 453 g/mol. The molecule has 0 amide bonds. The number of hydrogen-bond donors (Lipinski definition) is 3. The molecule has 0 bridgehead atoms. The third kappa shape index (κ3) is 4.62. The molecule has 10 heteroatoms. The van der Waals surface area contributed by atoms with Crippen LogP contribution in [0.2, 0.25) is 0 Å². The van der Waals surface area contributed by atoms with E-state index in [2.05, 4.69) is 20.6 Å². The summed E-state index contributed by atoms with van der Waals surface area (Å²) in [6, 6.07) is 12.3. The summed E-state index contributed by atoms with van der Waals surface area (Å²) >= 11 is 0. The monoisotopic (exact) mass is 452 g/mol. The number of anilines is 2. The topological polar surface area (TPSA) is 120 Å². The number of aromatic nitrogens is 2. The zero-order valence-electron chi connectivity index (χ0n) is 17.6. The van der Waals surface area contributed by atoms with Gasteiger partial charge < -0.3 is 20.8 Å². The fraction of sp³-hybridized carbons (Fsp3) is 0.227. The van der Waals surface area contributed by atoms with Crippen molar-refractivity contribution >= 4 is 44.3 Å². The van der Waals surface area contributed by atoms with E-state index >= 15 is 0 Å². The maximum Gasteiger partial charge on any atom is 0.243 e. The Morgan fingerprint density at radius 1 is 1.16 bits per heavy atom. The van der Waals surface area contributed by atoms with Crippen LogP contribution in [0.1, 0.15) is 5.56 Å². The second-order valence-corrected chi connectivity index (χ2v) is 9.10. The number of ether oxygens (including phenoxy) is 1. The summed E-state index contributed by atoms with van der Waals surface area (Å²) in [5.41, 5.74) is 3.01. The van der Waals surface area contributed by atoms with Gasteiger partial charge in [0, 0.05) is 55.4 Å². The third-order valence-electron chi connectivity index (χ3n) is 5.09. The van der Waals surface area contributed by atoms with Gasteiger partial charge in [0.25, 0.3) is 0 Å². The van der Waals surface area contributed by atoms with Crippen LogP contribution in [0, 0.1) is 5.41 Å². The van der Waals surface area contributed by atoms with E-state index in [9.17, 15) is 8.42 Å². The van der Waals surface area contributed by atoms with Crippen LogP contribution in [0.5, 0.6) is 0 Å². The van der Waals surface area contributed by atoms with Gasteiger partial charge in [-0.1, -0.05) is 12.1 Å². The Bertz CT molecular complexity index is 1250. The molecule has 1 saturated heterocycles. The number of nitrogens with one attached hydrogen (secondary N) is 3. The number of hydrogen-bond acceptors (Lipinski definition) is 8. The number of rotatable bonds is 7. The molecule has 1 fully saturated rings. The minimum atomic E-state index is -3.54. The molecule has 32 heavy (non-hydrogen) atoms. The maximum absolute atomic E-state index is 12.8. The molecule has 9 nitrogen and oxygen atoms in total. The Kier molecular flexibility index (Phi) is 6.45. The molecule has 1 aromatic heterocycles. The molecule has 0 radical (unpaired) electrons. The maximum atomic E-state index is 12.8. The van der Waals surface area contributed by atoms with E-state index in [1.807, 2.05) is 18.2 Å². The summed E-state index contributed by atoms with van der Waals surface area (Å²) < 4.78 is 32.2. The molecule has 3 N–H and O–H groups in total. The van der Waals surface area contributed by atoms with Gasteiger partial charge in [0.2, 0.25) is 16.0 Å². The number of benzene rings is 2. The van der Waals surface area contributed by atoms with Gasteiger partial charge in [-0.05, 0) is 35.9 Å². The first kappa shape index (κ1) is 21.9. The molecular formula is C22H24N6O3S. The van der Waals surface area contributed by atoms with Gasteiger partial charge in [0.15, 0.2) is 0 Å². The molecule has 3 aromatic rings. The van der Waals surface area contributed by atoms with Crippen LogP contribution < -0.4 is 10.6 Å². The van der Waals surface area contributed by atoms with E-state index in [0.29, 0.717) is 37.9 Å². The highest BCUT2D eigenvalue weighted by molar-refractivity contribution is 7.89. The molecule has 4 rings (SSSR count). The van der Waals surface area contributed by atoms with E-state index in [1.54, 1.807) is 43.7 Å². The average Bonchev–Trinajstić information content (AvgIpc) is 2.83. The van der Waals surface area contributed by atoms with E-state index in [0.717, 1.165) is 22.0 Å². The van der Waals surface area contributed by atoms with Crippen molar-refractivity contribution in [2.24, 2.45) is 0 Å². The summed E-state index contributed by atoms with van der Waals surface area (Å²) in [5, 5.41) is 14.5. The van der Waals surface area contributed by atoms with Gasteiger partial charge >= 0.3 is 0 Å². The highest BCUT2D eigenvalue weighted by Crippen LogP contribution is 2.23. The number of allylic oxidation sites excluding steroid dienone is 1. The minimum absolute atomic E-state index is 0.240. The molecule has 0 aliphatic carbocycles. The van der Waals surface area contributed by atoms with Gasteiger partial charge in [0.05, 0.1) is 23.6 Å². The van der Waals surface area contributed by atoms with E-state index in [-0.39, 0.29) is 4.90 Å². The fourth-order valence-electron chi connectivity index (χ4n) is 3.40. The molecular weight excluding hydrogens is 428 g/mol. The minimum Gasteiger partial charge on any atom is -0.393 e. The van der Waals surface area contributed by atoms with Crippen molar-refractivity contribution in [3.05, 3.63) is 60.4 Å². The predicted octanol–water partition coefficient (Wildman–Crippen LogP) is 2.60. The van der Waals surface area contributed by atoms with E-state index in [4.69, 9.17) is 10.1 Å². The molecule has 0 atom stereocenters. The zero-order chi connectivity index (χ0) is 22.6. The summed E-state index contributed by atoms with van der Waals surface area (Å²) in [7, 11) is -1.75. The molecule has 2 heterocycles. The lowest BCUT2D eigenvalue weighted by Gasteiger charge is -2.26. The highest BCUT2D eigenvalue weighted by Gasteiger charge is 2.26. The Hall–Kier alpha value is -3.34. The summed E-state index contributed by atoms with van der Waals surface area (Å²) in [6.07, 6.45) is 4.75. The third-order valence-corrected chi connectivity index (χ3v) is 7.00. The SMILES string of the molecule is CN/C=C(\C=N)c1ccc2cnc(Nc3ccc(S(=O)(=O)N4CCOCC4)cc3)nc2c1. The standard InChI is InChI=1S/C22H24N6O3S/c1-24-14-18(13-23)16-2-3-17-15-25-22(27-21(17)12-16)26-19-4-6-20(7-5-19)32(29,30)28-8-10-31-11-9-28/h2-7,12-15,23-24H,8-11H2,1H3,(H,25,26,27)/b18-14+,23-13?. The quantitative estimate of drug-likeness (QED) is 0.471. The van der Waals surface area contributed by atoms with Crippen molar-refractivity contribution in [3.63, 3.8) is 0 Å². The number of sulfonamides is 1. The predicted molar refractivity (Wildman–Crippen MR) is 125 cm³/mol. The zero-order valence-corrected chi connectivity index (χ0v) is 18.4. The first-order chi connectivity index (χ1) is 15.5. The number of nitrogens with zero attached hydrogens (tertiary/aromatic N) is 3. The van der Waals surface area contributed by atoms with Crippen LogP contribution in [-0.4, -0.2) is 62.3 Å². The van der Waals surface area contributed by atoms with Crippen LogP contribution >= 0.6 is 0 Å². The molecule has 0 unspecified atom stereocenters. The van der Waals surface area contributed by atoms with Crippen LogP contribution in [0.15, 0.2) is 59.8 Å². The Labute approximate surface area is 186 Å². The lowest BCUT2D eigenvalue weighted by atomic mass is 10.1. The number of fused-ring (bicyclic) bond motifs is 1. The van der Waals surface area contributed by atoms with Crippen LogP contribution in [0.3, 0.4) is 0 Å². The van der Waals surface area contributed by atoms with Crippen molar-refractivity contribution in [1.29, 1.82) is 5.41 Å². The molecule has 166 valence electrons. The van der Waals surface area contributed by atoms with Crippen molar-refractivity contribution in [1.82, 2.24) is 19.6 Å². The summed E-state index contributed by atoms with van der Waals surface area (Å²) in [6.45, 7) is 1.54. The molecule has 0 spiro atoms. The molecule has 1 aliphatic heterocycles. The second-order valence-electron chi connectivity index (χ2n) is 7.17. The normalized spacial score (nSPS) is 15.5. The summed E-state index contributed by atoms with van der Waals surface area (Å²) in [4.78, 5) is 9.15. The van der Waals surface area contributed by atoms with Gasteiger partial charge in [-0.2, -0.15) is 4.31 Å². The second kappa shape index (κ2) is 9.43. The van der Waals surface area contributed by atoms with Gasteiger partial charge in [0.1, 0.15) is 0 Å². The van der Waals surface area contributed by atoms with Crippen LogP contribution in [0.4, 0.5) is 11.6 Å². The largest absolute Gasteiger partial charge is 0.393 e. The first-order valence-corrected chi connectivity index (χ1v) is 11.6. The van der Waals surface area contributed by atoms with Crippen molar-refractivity contribution in [2.75, 3.05) is 38.7 Å². The van der Waals surface area contributed by atoms with Gasteiger partial charge in [-0.25, -0.2) is 18.4 Å². The van der Waals surface area contributed by atoms with Crippen molar-refractivity contribution in [3.8, 4) is 0 Å². The lowest BCUT2D eigenvalue weighted by Crippen LogP contribution is -2.40. The van der Waals surface area contributed by atoms with Crippen molar-refractivity contribution < 1.29 is 13.2 Å². The number of morpholine rings is 1. The van der Waals surface area contributed by atoms with Crippen LogP contribution in [-0.2, 0) is 14.8 Å². The highest BCUT2D eigenvalue weighted by atomic mass is 32.2. The van der Waals surface area contributed by atoms with E-state index < -0.39 is 10.0 Å². The van der Waals surface area contributed by atoms with Crippen LogP contribution in [0.25, 0.3) is 16.5 Å². The Balaban J connectivity index is 1.55. The molecule has 2 aromatic carbocycles. The fourth-order valence-corrected chi connectivity index (χ4v) is 4.81. The Morgan fingerprint density at radius 3 is 2.59 bits per heavy atom.